The zero-order valence-electron chi connectivity index (χ0n) is 11.6. The molecule has 1 heterocycles. The zero-order valence-corrected chi connectivity index (χ0v) is 12.3. The van der Waals surface area contributed by atoms with Crippen molar-refractivity contribution in [1.82, 2.24) is 4.90 Å². The Balaban J connectivity index is 1.86. The Kier molecular flexibility index (Phi) is 4.95. The summed E-state index contributed by atoms with van der Waals surface area (Å²) in [7, 11) is 0. The van der Waals surface area contributed by atoms with Crippen molar-refractivity contribution in [2.75, 3.05) is 30.7 Å². The van der Waals surface area contributed by atoms with Crippen LogP contribution < -0.4 is 11.1 Å². The van der Waals surface area contributed by atoms with E-state index in [0.717, 1.165) is 18.5 Å². The fourth-order valence-electron chi connectivity index (χ4n) is 2.31. The van der Waals surface area contributed by atoms with Gasteiger partial charge in [0.2, 0.25) is 0 Å². The number of hydrogen-bond acceptors (Lipinski definition) is 4. The number of nitrogen functional groups attached to an aromatic ring is 1. The summed E-state index contributed by atoms with van der Waals surface area (Å²) in [4.78, 5) is 13.3. The van der Waals surface area contributed by atoms with Gasteiger partial charge in [0, 0.05) is 24.2 Å². The summed E-state index contributed by atoms with van der Waals surface area (Å²) in [6, 6.07) is 5.74. The lowest BCUT2D eigenvalue weighted by Crippen LogP contribution is -2.42. The maximum absolute atomic E-state index is 11.6. The second kappa shape index (κ2) is 6.70. The lowest BCUT2D eigenvalue weighted by atomic mass is 10.0. The predicted octanol–water partition coefficient (Wildman–Crippen LogP) is 2.96. The first-order chi connectivity index (χ1) is 9.60. The van der Waals surface area contributed by atoms with Crippen LogP contribution in [0.4, 0.5) is 16.2 Å². The van der Waals surface area contributed by atoms with Crippen LogP contribution in [0.1, 0.15) is 19.8 Å². The number of nitrogens with one attached hydrogen (secondary N) is 1. The molecule has 1 saturated heterocycles. The van der Waals surface area contributed by atoms with Gasteiger partial charge < -0.3 is 20.7 Å². The van der Waals surface area contributed by atoms with Gasteiger partial charge >= 0.3 is 6.09 Å². The van der Waals surface area contributed by atoms with Crippen LogP contribution in [0.2, 0.25) is 5.02 Å². The van der Waals surface area contributed by atoms with Crippen molar-refractivity contribution in [3.8, 4) is 0 Å². The molecule has 0 atom stereocenters. The Morgan fingerprint density at radius 2 is 2.20 bits per heavy atom. The summed E-state index contributed by atoms with van der Waals surface area (Å²) in [6.07, 6.45) is 1.53. The molecular formula is C14H20ClN3O2. The van der Waals surface area contributed by atoms with Crippen LogP contribution in [-0.4, -0.2) is 36.7 Å². The zero-order chi connectivity index (χ0) is 14.5. The van der Waals surface area contributed by atoms with Crippen molar-refractivity contribution in [1.29, 1.82) is 0 Å². The molecule has 0 aromatic heterocycles. The highest BCUT2D eigenvalue weighted by molar-refractivity contribution is 6.31. The number of amides is 1. The minimum absolute atomic E-state index is 0.225. The molecule has 1 aromatic carbocycles. The molecule has 1 aromatic rings. The Hall–Kier alpha value is -1.62. The van der Waals surface area contributed by atoms with Crippen molar-refractivity contribution in [3.05, 3.63) is 23.2 Å². The van der Waals surface area contributed by atoms with Crippen LogP contribution in [0.5, 0.6) is 0 Å². The van der Waals surface area contributed by atoms with Crippen molar-refractivity contribution in [2.45, 2.75) is 25.8 Å². The maximum atomic E-state index is 11.6. The van der Waals surface area contributed by atoms with Crippen LogP contribution >= 0.6 is 11.6 Å². The van der Waals surface area contributed by atoms with Crippen LogP contribution in [0.25, 0.3) is 0 Å². The molecule has 2 rings (SSSR count). The smallest absolute Gasteiger partial charge is 0.409 e. The van der Waals surface area contributed by atoms with Gasteiger partial charge in [0.1, 0.15) is 0 Å². The van der Waals surface area contributed by atoms with Gasteiger partial charge in [0.25, 0.3) is 0 Å². The second-order valence-corrected chi connectivity index (χ2v) is 5.27. The number of likely N-dealkylation sites (tertiary alicyclic amines) is 1. The molecule has 0 bridgehead atoms. The van der Waals surface area contributed by atoms with Gasteiger partial charge in [-0.05, 0) is 38.0 Å². The highest BCUT2D eigenvalue weighted by Crippen LogP contribution is 2.25. The number of benzene rings is 1. The molecule has 0 saturated carbocycles. The molecule has 5 nitrogen and oxygen atoms in total. The molecule has 1 aliphatic heterocycles. The number of nitrogens with two attached hydrogens (primary N) is 1. The van der Waals surface area contributed by atoms with E-state index in [1.165, 1.54) is 0 Å². The predicted molar refractivity (Wildman–Crippen MR) is 81.1 cm³/mol. The van der Waals surface area contributed by atoms with Gasteiger partial charge in [-0.15, -0.1) is 0 Å². The monoisotopic (exact) mass is 297 g/mol. The largest absolute Gasteiger partial charge is 0.450 e. The number of nitrogens with zero attached hydrogens (tertiary/aromatic N) is 1. The van der Waals surface area contributed by atoms with Crippen molar-refractivity contribution in [3.63, 3.8) is 0 Å². The van der Waals surface area contributed by atoms with E-state index in [2.05, 4.69) is 5.32 Å². The number of carbonyl (C=O) groups excluding carboxylic acids is 1. The van der Waals surface area contributed by atoms with E-state index in [1.807, 2.05) is 19.1 Å². The first kappa shape index (κ1) is 14.8. The quantitative estimate of drug-likeness (QED) is 0.842. The Labute approximate surface area is 124 Å². The first-order valence-electron chi connectivity index (χ1n) is 6.83. The first-order valence-corrected chi connectivity index (χ1v) is 7.21. The number of rotatable bonds is 3. The van der Waals surface area contributed by atoms with E-state index < -0.39 is 0 Å². The van der Waals surface area contributed by atoms with Crippen LogP contribution in [0.3, 0.4) is 0 Å². The SMILES string of the molecule is CCOC(=O)N1CCC(Nc2ccc(Cl)cc2N)CC1. The van der Waals surface area contributed by atoms with Crippen LogP contribution in [0.15, 0.2) is 18.2 Å². The molecule has 1 aliphatic rings. The van der Waals surface area contributed by atoms with E-state index in [9.17, 15) is 4.79 Å². The summed E-state index contributed by atoms with van der Waals surface area (Å²) < 4.78 is 5.00. The molecule has 110 valence electrons. The molecule has 20 heavy (non-hydrogen) atoms. The Morgan fingerprint density at radius 1 is 1.50 bits per heavy atom. The molecule has 0 radical (unpaired) electrons. The van der Waals surface area contributed by atoms with Crippen molar-refractivity contribution < 1.29 is 9.53 Å². The van der Waals surface area contributed by atoms with Gasteiger partial charge in [-0.25, -0.2) is 4.79 Å². The standard InChI is InChI=1S/C14H20ClN3O2/c1-2-20-14(19)18-7-5-11(6-8-18)17-13-4-3-10(15)9-12(13)16/h3-4,9,11,17H,2,5-8,16H2,1H3. The third kappa shape index (κ3) is 3.70. The van der Waals surface area contributed by atoms with E-state index in [0.29, 0.717) is 36.4 Å². The Morgan fingerprint density at radius 3 is 2.80 bits per heavy atom. The van der Waals surface area contributed by atoms with Gasteiger partial charge in [-0.1, -0.05) is 11.6 Å². The molecule has 6 heteroatoms. The summed E-state index contributed by atoms with van der Waals surface area (Å²) in [5.74, 6) is 0. The average Bonchev–Trinajstić information content (AvgIpc) is 2.43. The summed E-state index contributed by atoms with van der Waals surface area (Å²) in [5, 5.41) is 4.04. The fraction of sp³-hybridized carbons (Fsp3) is 0.500. The summed E-state index contributed by atoms with van der Waals surface area (Å²) in [5.41, 5.74) is 7.46. The number of piperidine rings is 1. The highest BCUT2D eigenvalue weighted by atomic mass is 35.5. The summed E-state index contributed by atoms with van der Waals surface area (Å²) in [6.45, 7) is 3.63. The minimum Gasteiger partial charge on any atom is -0.450 e. The minimum atomic E-state index is -0.225. The van der Waals surface area contributed by atoms with Gasteiger partial charge in [0.05, 0.1) is 18.0 Å². The second-order valence-electron chi connectivity index (χ2n) is 4.84. The Bertz CT molecular complexity index is 473. The van der Waals surface area contributed by atoms with Crippen molar-refractivity contribution in [2.24, 2.45) is 0 Å². The maximum Gasteiger partial charge on any atom is 0.409 e. The lowest BCUT2D eigenvalue weighted by Gasteiger charge is -2.32. The normalized spacial score (nSPS) is 16.0. The van der Waals surface area contributed by atoms with Crippen molar-refractivity contribution >= 4 is 29.1 Å². The third-order valence-corrected chi connectivity index (χ3v) is 3.63. The van der Waals surface area contributed by atoms with E-state index in [4.69, 9.17) is 22.1 Å². The van der Waals surface area contributed by atoms with E-state index in [-0.39, 0.29) is 6.09 Å². The molecule has 1 amide bonds. The number of anilines is 2. The topological polar surface area (TPSA) is 67.6 Å². The molecule has 1 fully saturated rings. The molecular weight excluding hydrogens is 278 g/mol. The average molecular weight is 298 g/mol. The molecule has 0 spiro atoms. The van der Waals surface area contributed by atoms with E-state index in [1.54, 1.807) is 11.0 Å². The molecule has 3 N–H and O–H groups in total. The fourth-order valence-corrected chi connectivity index (χ4v) is 2.49. The molecule has 0 unspecified atom stereocenters. The summed E-state index contributed by atoms with van der Waals surface area (Å²) >= 11 is 5.88. The van der Waals surface area contributed by atoms with Gasteiger partial charge in [0.15, 0.2) is 0 Å². The number of hydrogen-bond donors (Lipinski definition) is 2. The number of ether oxygens (including phenoxy) is 1. The molecule has 0 aliphatic carbocycles. The number of halogens is 1. The number of carbonyl (C=O) groups is 1. The highest BCUT2D eigenvalue weighted by Gasteiger charge is 2.23. The van der Waals surface area contributed by atoms with Gasteiger partial charge in [-0.2, -0.15) is 0 Å². The van der Waals surface area contributed by atoms with Crippen LogP contribution in [0, 0.1) is 0 Å². The van der Waals surface area contributed by atoms with E-state index >= 15 is 0 Å². The van der Waals surface area contributed by atoms with Crippen LogP contribution in [-0.2, 0) is 4.74 Å². The van der Waals surface area contributed by atoms with Gasteiger partial charge in [-0.3, -0.25) is 0 Å². The third-order valence-electron chi connectivity index (χ3n) is 3.39. The lowest BCUT2D eigenvalue weighted by molar-refractivity contribution is 0.0983.